The molecular formula is C15H13FN4O2S. The van der Waals surface area contributed by atoms with Gasteiger partial charge in [-0.25, -0.2) is 4.39 Å². The second kappa shape index (κ2) is 7.41. The summed E-state index contributed by atoms with van der Waals surface area (Å²) in [4.78, 5) is 10.1. The Hall–Kier alpha value is -2.87. The summed E-state index contributed by atoms with van der Waals surface area (Å²) in [5.74, 6) is -0.423. The number of nitrogens with one attached hydrogen (secondary N) is 2. The van der Waals surface area contributed by atoms with E-state index in [0.29, 0.717) is 11.3 Å². The number of hydrogen-bond donors (Lipinski definition) is 2. The van der Waals surface area contributed by atoms with Crippen molar-refractivity contribution in [1.82, 2.24) is 5.43 Å². The first kappa shape index (κ1) is 16.5. The smallest absolute Gasteiger partial charge is 0.269 e. The van der Waals surface area contributed by atoms with Crippen molar-refractivity contribution in [3.8, 4) is 0 Å². The molecule has 0 aliphatic carbocycles. The van der Waals surface area contributed by atoms with E-state index in [0.717, 1.165) is 0 Å². The minimum Gasteiger partial charge on any atom is -0.329 e. The molecule has 0 fully saturated rings. The summed E-state index contributed by atoms with van der Waals surface area (Å²) in [6.07, 6.45) is 0. The number of thiocarbonyl (C=S) groups is 1. The average Bonchev–Trinajstić information content (AvgIpc) is 2.55. The van der Waals surface area contributed by atoms with Gasteiger partial charge in [-0.3, -0.25) is 15.5 Å². The predicted molar refractivity (Wildman–Crippen MR) is 91.1 cm³/mol. The number of hydrogen-bond acceptors (Lipinski definition) is 4. The first-order valence-corrected chi connectivity index (χ1v) is 6.99. The molecule has 0 saturated carbocycles. The number of halogens is 1. The van der Waals surface area contributed by atoms with Gasteiger partial charge in [0.15, 0.2) is 5.11 Å². The third-order valence-corrected chi connectivity index (χ3v) is 3.14. The SMILES string of the molecule is C/C(=N/NC(=S)Nc1ccccc1F)c1ccc([N+](=O)[O-])cc1. The first-order valence-electron chi connectivity index (χ1n) is 6.58. The molecule has 0 saturated heterocycles. The Balaban J connectivity index is 2.00. The molecule has 6 nitrogen and oxygen atoms in total. The molecular weight excluding hydrogens is 319 g/mol. The van der Waals surface area contributed by atoms with E-state index in [1.165, 1.54) is 18.2 Å². The van der Waals surface area contributed by atoms with E-state index in [9.17, 15) is 14.5 Å². The van der Waals surface area contributed by atoms with Crippen LogP contribution in [0, 0.1) is 15.9 Å². The Bertz CT molecular complexity index is 762. The second-order valence-electron chi connectivity index (χ2n) is 4.55. The van der Waals surface area contributed by atoms with Gasteiger partial charge < -0.3 is 5.32 Å². The van der Waals surface area contributed by atoms with Crippen LogP contribution in [0.1, 0.15) is 12.5 Å². The number of benzene rings is 2. The van der Waals surface area contributed by atoms with Gasteiger partial charge in [-0.1, -0.05) is 12.1 Å². The van der Waals surface area contributed by atoms with E-state index in [1.807, 2.05) is 0 Å². The Morgan fingerprint density at radius 3 is 2.48 bits per heavy atom. The normalized spacial score (nSPS) is 11.0. The van der Waals surface area contributed by atoms with Gasteiger partial charge in [-0.2, -0.15) is 5.10 Å². The highest BCUT2D eigenvalue weighted by molar-refractivity contribution is 7.80. The lowest BCUT2D eigenvalue weighted by atomic mass is 10.1. The monoisotopic (exact) mass is 332 g/mol. The van der Waals surface area contributed by atoms with Crippen LogP contribution in [0.3, 0.4) is 0 Å². The number of anilines is 1. The summed E-state index contributed by atoms with van der Waals surface area (Å²) < 4.78 is 13.5. The van der Waals surface area contributed by atoms with Crippen molar-refractivity contribution in [2.45, 2.75) is 6.92 Å². The number of nitro groups is 1. The van der Waals surface area contributed by atoms with Gasteiger partial charge in [0.05, 0.1) is 16.3 Å². The van der Waals surface area contributed by atoms with E-state index in [2.05, 4.69) is 15.8 Å². The van der Waals surface area contributed by atoms with Crippen LogP contribution in [-0.2, 0) is 0 Å². The Morgan fingerprint density at radius 2 is 1.87 bits per heavy atom. The van der Waals surface area contributed by atoms with Crippen LogP contribution < -0.4 is 10.7 Å². The number of nitro benzene ring substituents is 1. The van der Waals surface area contributed by atoms with E-state index < -0.39 is 10.7 Å². The molecule has 0 aliphatic rings. The van der Waals surface area contributed by atoms with Crippen molar-refractivity contribution < 1.29 is 9.31 Å². The van der Waals surface area contributed by atoms with E-state index in [-0.39, 0.29) is 16.5 Å². The highest BCUT2D eigenvalue weighted by Crippen LogP contribution is 2.13. The number of non-ortho nitro benzene ring substituents is 1. The molecule has 0 atom stereocenters. The maximum atomic E-state index is 13.5. The summed E-state index contributed by atoms with van der Waals surface area (Å²) in [6, 6.07) is 12.1. The third kappa shape index (κ3) is 4.55. The molecule has 118 valence electrons. The standard InChI is InChI=1S/C15H13FN4O2S/c1-10(11-6-8-12(9-7-11)20(21)22)18-19-15(23)17-14-5-3-2-4-13(14)16/h2-9H,1H3,(H2,17,19,23)/b18-10-. The zero-order valence-electron chi connectivity index (χ0n) is 12.1. The fourth-order valence-corrected chi connectivity index (χ4v) is 1.89. The number of rotatable bonds is 4. The molecule has 0 radical (unpaired) electrons. The number of hydrazone groups is 1. The average molecular weight is 332 g/mol. The quantitative estimate of drug-likeness (QED) is 0.388. The molecule has 0 unspecified atom stereocenters. The molecule has 0 aliphatic heterocycles. The van der Waals surface area contributed by atoms with Crippen LogP contribution >= 0.6 is 12.2 Å². The highest BCUT2D eigenvalue weighted by atomic mass is 32.1. The summed E-state index contributed by atoms with van der Waals surface area (Å²) in [5, 5.41) is 17.5. The lowest BCUT2D eigenvalue weighted by molar-refractivity contribution is -0.384. The number of nitrogens with zero attached hydrogens (tertiary/aromatic N) is 2. The van der Waals surface area contributed by atoms with Crippen molar-refractivity contribution in [2.24, 2.45) is 5.10 Å². The van der Waals surface area contributed by atoms with E-state index >= 15 is 0 Å². The largest absolute Gasteiger partial charge is 0.329 e. The van der Waals surface area contributed by atoms with Crippen LogP contribution in [0.25, 0.3) is 0 Å². The Kier molecular flexibility index (Phi) is 5.32. The van der Waals surface area contributed by atoms with Crippen LogP contribution in [0.15, 0.2) is 53.6 Å². The molecule has 0 spiro atoms. The molecule has 8 heteroatoms. The van der Waals surface area contributed by atoms with Gasteiger partial charge in [0.2, 0.25) is 0 Å². The van der Waals surface area contributed by atoms with Crippen LogP contribution in [0.5, 0.6) is 0 Å². The predicted octanol–water partition coefficient (Wildman–Crippen LogP) is 3.44. The molecule has 0 amide bonds. The van der Waals surface area contributed by atoms with Gasteiger partial charge in [0.25, 0.3) is 5.69 Å². The van der Waals surface area contributed by atoms with Crippen molar-refractivity contribution >= 4 is 34.4 Å². The molecule has 23 heavy (non-hydrogen) atoms. The van der Waals surface area contributed by atoms with Crippen molar-refractivity contribution in [3.63, 3.8) is 0 Å². The Labute approximate surface area is 137 Å². The molecule has 2 aromatic rings. The first-order chi connectivity index (χ1) is 11.0. The van der Waals surface area contributed by atoms with Gasteiger partial charge in [0, 0.05) is 12.1 Å². The topological polar surface area (TPSA) is 79.6 Å². The lowest BCUT2D eigenvalue weighted by Gasteiger charge is -2.08. The van der Waals surface area contributed by atoms with Gasteiger partial charge in [-0.05, 0) is 49.0 Å². The van der Waals surface area contributed by atoms with Crippen molar-refractivity contribution in [2.75, 3.05) is 5.32 Å². The maximum absolute atomic E-state index is 13.5. The van der Waals surface area contributed by atoms with Crippen LogP contribution in [0.4, 0.5) is 15.8 Å². The molecule has 0 aromatic heterocycles. The van der Waals surface area contributed by atoms with Crippen molar-refractivity contribution in [3.05, 3.63) is 70.0 Å². The molecule has 0 bridgehead atoms. The van der Waals surface area contributed by atoms with Gasteiger partial charge in [0.1, 0.15) is 5.82 Å². The molecule has 2 aromatic carbocycles. The summed E-state index contributed by atoms with van der Waals surface area (Å²) in [7, 11) is 0. The zero-order chi connectivity index (χ0) is 16.8. The minimum atomic E-state index is -0.470. The fraction of sp³-hybridized carbons (Fsp3) is 0.0667. The maximum Gasteiger partial charge on any atom is 0.269 e. The van der Waals surface area contributed by atoms with Gasteiger partial charge in [-0.15, -0.1) is 0 Å². The summed E-state index contributed by atoms with van der Waals surface area (Å²) >= 11 is 5.03. The summed E-state index contributed by atoms with van der Waals surface area (Å²) in [5.41, 5.74) is 4.14. The van der Waals surface area contributed by atoms with E-state index in [4.69, 9.17) is 12.2 Å². The molecule has 0 heterocycles. The van der Waals surface area contributed by atoms with Crippen LogP contribution in [0.2, 0.25) is 0 Å². The van der Waals surface area contributed by atoms with Crippen molar-refractivity contribution in [1.29, 1.82) is 0 Å². The lowest BCUT2D eigenvalue weighted by Crippen LogP contribution is -2.25. The molecule has 2 rings (SSSR count). The third-order valence-electron chi connectivity index (χ3n) is 2.94. The zero-order valence-corrected chi connectivity index (χ0v) is 12.9. The summed E-state index contributed by atoms with van der Waals surface area (Å²) in [6.45, 7) is 1.72. The minimum absolute atomic E-state index is 0.00579. The highest BCUT2D eigenvalue weighted by Gasteiger charge is 2.06. The van der Waals surface area contributed by atoms with E-state index in [1.54, 1.807) is 37.3 Å². The Morgan fingerprint density at radius 1 is 1.22 bits per heavy atom. The fourth-order valence-electron chi connectivity index (χ4n) is 1.74. The van der Waals surface area contributed by atoms with Crippen LogP contribution in [-0.4, -0.2) is 15.7 Å². The van der Waals surface area contributed by atoms with Gasteiger partial charge >= 0.3 is 0 Å². The number of para-hydroxylation sites is 1. The second-order valence-corrected chi connectivity index (χ2v) is 4.96. The molecule has 2 N–H and O–H groups in total.